The number of rotatable bonds is 5. The molecule has 0 aliphatic rings. The minimum absolute atomic E-state index is 0.253. The van der Waals surface area contributed by atoms with Gasteiger partial charge < -0.3 is 4.52 Å². The fourth-order valence-electron chi connectivity index (χ4n) is 1.21. The average molecular weight is 281 g/mol. The van der Waals surface area contributed by atoms with Gasteiger partial charge in [-0.2, -0.15) is 0 Å². The van der Waals surface area contributed by atoms with Crippen LogP contribution in [0.4, 0.5) is 0 Å². The predicted octanol–water partition coefficient (Wildman–Crippen LogP) is 4.48. The summed E-state index contributed by atoms with van der Waals surface area (Å²) < 4.78 is 21.5. The summed E-state index contributed by atoms with van der Waals surface area (Å²) in [6.45, 7) is 0.426. The molecule has 0 fully saturated rings. The van der Waals surface area contributed by atoms with Crippen LogP contribution in [-0.2, 0) is 9.09 Å². The molecule has 1 aromatic rings. The Balaban J connectivity index is 2.83. The van der Waals surface area contributed by atoms with E-state index in [9.17, 15) is 4.57 Å². The number of hydrogen-bond acceptors (Lipinski definition) is 4. The van der Waals surface area contributed by atoms with Crippen molar-refractivity contribution >= 4 is 30.0 Å². The molecule has 0 saturated carbocycles. The molecule has 0 bridgehead atoms. The SMILES string of the molecule is CCO[P@@](=O)(Cl)Oc1ccc(SC)c(C)c1. The summed E-state index contributed by atoms with van der Waals surface area (Å²) in [5, 5.41) is 0. The van der Waals surface area contributed by atoms with Crippen LogP contribution < -0.4 is 4.52 Å². The maximum atomic E-state index is 11.6. The van der Waals surface area contributed by atoms with Gasteiger partial charge in [-0.1, -0.05) is 0 Å². The van der Waals surface area contributed by atoms with E-state index in [0.717, 1.165) is 10.5 Å². The second-order valence-corrected chi connectivity index (χ2v) is 6.46. The maximum absolute atomic E-state index is 11.6. The van der Waals surface area contributed by atoms with Crippen molar-refractivity contribution < 1.29 is 13.6 Å². The third kappa shape index (κ3) is 4.02. The smallest absolute Gasteiger partial charge is 0.413 e. The molecule has 0 aliphatic heterocycles. The van der Waals surface area contributed by atoms with E-state index >= 15 is 0 Å². The molecule has 1 rings (SSSR count). The van der Waals surface area contributed by atoms with E-state index in [1.165, 1.54) is 0 Å². The van der Waals surface area contributed by atoms with Crippen LogP contribution in [-0.4, -0.2) is 12.9 Å². The Bertz CT molecular complexity index is 411. The minimum atomic E-state index is -3.49. The quantitative estimate of drug-likeness (QED) is 0.588. The van der Waals surface area contributed by atoms with E-state index in [0.29, 0.717) is 5.75 Å². The molecule has 0 radical (unpaired) electrons. The van der Waals surface area contributed by atoms with Crippen molar-refractivity contribution in [3.05, 3.63) is 23.8 Å². The molecule has 16 heavy (non-hydrogen) atoms. The number of halogens is 1. The molecule has 1 aromatic carbocycles. The van der Waals surface area contributed by atoms with E-state index in [1.807, 2.05) is 19.2 Å². The first-order chi connectivity index (χ1) is 7.48. The summed E-state index contributed by atoms with van der Waals surface area (Å²) in [5.41, 5.74) is 1.05. The summed E-state index contributed by atoms with van der Waals surface area (Å²) >= 11 is 7.25. The lowest BCUT2D eigenvalue weighted by atomic mass is 10.2. The van der Waals surface area contributed by atoms with E-state index in [1.54, 1.807) is 30.8 Å². The van der Waals surface area contributed by atoms with E-state index < -0.39 is 6.95 Å². The second kappa shape index (κ2) is 5.97. The van der Waals surface area contributed by atoms with Crippen LogP contribution in [0.3, 0.4) is 0 Å². The zero-order chi connectivity index (χ0) is 12.2. The highest BCUT2D eigenvalue weighted by Crippen LogP contribution is 2.53. The lowest BCUT2D eigenvalue weighted by molar-refractivity contribution is 0.294. The highest BCUT2D eigenvalue weighted by molar-refractivity contribution is 7.98. The van der Waals surface area contributed by atoms with Gasteiger partial charge >= 0.3 is 6.95 Å². The summed E-state index contributed by atoms with van der Waals surface area (Å²) in [6, 6.07) is 5.42. The fraction of sp³-hybridized carbons (Fsp3) is 0.400. The number of benzene rings is 1. The number of aryl methyl sites for hydroxylation is 1. The van der Waals surface area contributed by atoms with Crippen molar-refractivity contribution in [1.29, 1.82) is 0 Å². The van der Waals surface area contributed by atoms with Crippen LogP contribution in [0.5, 0.6) is 5.75 Å². The van der Waals surface area contributed by atoms with Crippen molar-refractivity contribution in [1.82, 2.24) is 0 Å². The largest absolute Gasteiger partial charge is 0.476 e. The summed E-state index contributed by atoms with van der Waals surface area (Å²) in [5.74, 6) is 0.460. The lowest BCUT2D eigenvalue weighted by Crippen LogP contribution is -1.93. The average Bonchev–Trinajstić information content (AvgIpc) is 2.17. The van der Waals surface area contributed by atoms with Crippen molar-refractivity contribution in [2.24, 2.45) is 0 Å². The van der Waals surface area contributed by atoms with Crippen LogP contribution in [0.2, 0.25) is 0 Å². The molecule has 0 saturated heterocycles. The Morgan fingerprint density at radius 2 is 2.19 bits per heavy atom. The first kappa shape index (κ1) is 13.9. The minimum Gasteiger partial charge on any atom is -0.413 e. The van der Waals surface area contributed by atoms with Crippen LogP contribution in [0, 0.1) is 6.92 Å². The van der Waals surface area contributed by atoms with Gasteiger partial charge in [0.15, 0.2) is 0 Å². The van der Waals surface area contributed by atoms with Gasteiger partial charge in [0.1, 0.15) is 5.75 Å². The highest BCUT2D eigenvalue weighted by atomic mass is 35.7. The Morgan fingerprint density at radius 1 is 1.50 bits per heavy atom. The Morgan fingerprint density at radius 3 is 2.69 bits per heavy atom. The lowest BCUT2D eigenvalue weighted by Gasteiger charge is -2.12. The van der Waals surface area contributed by atoms with Crippen molar-refractivity contribution in [3.8, 4) is 5.75 Å². The highest BCUT2D eigenvalue weighted by Gasteiger charge is 2.21. The van der Waals surface area contributed by atoms with Crippen LogP contribution in [0.1, 0.15) is 12.5 Å². The van der Waals surface area contributed by atoms with Gasteiger partial charge in [-0.3, -0.25) is 4.52 Å². The summed E-state index contributed by atoms with van der Waals surface area (Å²) in [4.78, 5) is 1.15. The number of hydrogen-bond donors (Lipinski definition) is 0. The first-order valence-electron chi connectivity index (χ1n) is 4.77. The van der Waals surface area contributed by atoms with Gasteiger partial charge in [0.05, 0.1) is 6.61 Å². The van der Waals surface area contributed by atoms with Gasteiger partial charge in [-0.05, 0) is 43.9 Å². The molecule has 3 nitrogen and oxygen atoms in total. The molecule has 0 spiro atoms. The van der Waals surface area contributed by atoms with Crippen LogP contribution in [0.15, 0.2) is 23.1 Å². The normalized spacial score (nSPS) is 14.5. The van der Waals surface area contributed by atoms with Gasteiger partial charge in [-0.25, -0.2) is 4.57 Å². The molecule has 0 amide bonds. The van der Waals surface area contributed by atoms with E-state index in [4.69, 9.17) is 20.3 Å². The van der Waals surface area contributed by atoms with Crippen molar-refractivity contribution in [3.63, 3.8) is 0 Å². The topological polar surface area (TPSA) is 35.5 Å². The van der Waals surface area contributed by atoms with Crippen molar-refractivity contribution in [2.75, 3.05) is 12.9 Å². The predicted molar refractivity (Wildman–Crippen MR) is 68.7 cm³/mol. The molecular weight excluding hydrogens is 267 g/mol. The molecule has 0 N–H and O–H groups in total. The zero-order valence-electron chi connectivity index (χ0n) is 9.40. The fourth-order valence-corrected chi connectivity index (χ4v) is 3.06. The van der Waals surface area contributed by atoms with E-state index in [-0.39, 0.29) is 6.61 Å². The summed E-state index contributed by atoms with van der Waals surface area (Å²) in [7, 11) is 0. The van der Waals surface area contributed by atoms with Gasteiger partial charge in [0.2, 0.25) is 0 Å². The molecule has 0 aromatic heterocycles. The number of thioether (sulfide) groups is 1. The molecule has 90 valence electrons. The zero-order valence-corrected chi connectivity index (χ0v) is 11.9. The standard InChI is InChI=1S/C10H14ClO3PS/c1-4-13-15(11,12)14-9-5-6-10(16-3)8(2)7-9/h5-7H,4H2,1-3H3/t15-/m0/s1. The molecule has 0 unspecified atom stereocenters. The van der Waals surface area contributed by atoms with E-state index in [2.05, 4.69) is 0 Å². The van der Waals surface area contributed by atoms with Gasteiger partial charge in [-0.15, -0.1) is 11.8 Å². The van der Waals surface area contributed by atoms with Crippen LogP contribution in [0.25, 0.3) is 0 Å². The molecular formula is C10H14ClO3PS. The molecule has 1 atom stereocenters. The maximum Gasteiger partial charge on any atom is 0.476 e. The molecule has 0 aliphatic carbocycles. The Labute approximate surface area is 105 Å². The third-order valence-electron chi connectivity index (χ3n) is 1.86. The molecule has 0 heterocycles. The van der Waals surface area contributed by atoms with Crippen LogP contribution >= 0.6 is 30.0 Å². The summed E-state index contributed by atoms with van der Waals surface area (Å²) in [6.07, 6.45) is 2.00. The van der Waals surface area contributed by atoms with Gasteiger partial charge in [0.25, 0.3) is 0 Å². The monoisotopic (exact) mass is 280 g/mol. The van der Waals surface area contributed by atoms with Gasteiger partial charge in [0, 0.05) is 16.1 Å². The first-order valence-corrected chi connectivity index (χ1v) is 8.44. The van der Waals surface area contributed by atoms with Crippen molar-refractivity contribution in [2.45, 2.75) is 18.7 Å². The molecule has 6 heteroatoms. The Hall–Kier alpha value is -0.150. The second-order valence-electron chi connectivity index (χ2n) is 3.07. The third-order valence-corrected chi connectivity index (χ3v) is 4.26. The Kier molecular flexibility index (Phi) is 5.19.